The first kappa shape index (κ1) is 15.5. The molecule has 0 spiro atoms. The zero-order valence-corrected chi connectivity index (χ0v) is 14.9. The summed E-state index contributed by atoms with van der Waals surface area (Å²) in [5, 5.41) is 8.26. The van der Waals surface area contributed by atoms with Gasteiger partial charge in [-0.25, -0.2) is 0 Å². The lowest BCUT2D eigenvalue weighted by atomic mass is 9.83. The molecule has 1 aromatic rings. The molecule has 5 heteroatoms. The molecular weight excluding hydrogens is 328 g/mol. The molecule has 1 aromatic heterocycles. The summed E-state index contributed by atoms with van der Waals surface area (Å²) in [7, 11) is 2.31. The van der Waals surface area contributed by atoms with Crippen LogP contribution in [0.1, 0.15) is 51.3 Å². The first-order valence-electron chi connectivity index (χ1n) is 8.32. The fraction of sp³-hybridized carbons (Fsp3) is 0.812. The standard InChI is InChI=1S/C16H27BrN4/c1-4-18-15(16-14(17)10-19-21(16)5-2)11-8-12-6-7-13(9-11)20(12)3/h10-13,15,18H,4-9H2,1-3H3. The van der Waals surface area contributed by atoms with Crippen LogP contribution in [-0.4, -0.2) is 40.4 Å². The molecule has 0 radical (unpaired) electrons. The van der Waals surface area contributed by atoms with E-state index in [0.717, 1.165) is 35.6 Å². The Hall–Kier alpha value is -0.390. The number of hydrogen-bond donors (Lipinski definition) is 1. The van der Waals surface area contributed by atoms with Gasteiger partial charge in [0.2, 0.25) is 0 Å². The van der Waals surface area contributed by atoms with Gasteiger partial charge in [-0.05, 0) is 68.0 Å². The number of nitrogens with zero attached hydrogens (tertiary/aromatic N) is 3. The molecule has 0 aliphatic carbocycles. The normalized spacial score (nSPS) is 30.8. The van der Waals surface area contributed by atoms with E-state index in [-0.39, 0.29) is 0 Å². The topological polar surface area (TPSA) is 33.1 Å². The van der Waals surface area contributed by atoms with E-state index in [1.165, 1.54) is 31.4 Å². The highest BCUT2D eigenvalue weighted by molar-refractivity contribution is 9.10. The van der Waals surface area contributed by atoms with Crippen LogP contribution >= 0.6 is 15.9 Å². The van der Waals surface area contributed by atoms with Gasteiger partial charge in [0, 0.05) is 18.6 Å². The molecule has 118 valence electrons. The van der Waals surface area contributed by atoms with Gasteiger partial charge in [0.15, 0.2) is 0 Å². The van der Waals surface area contributed by atoms with Crippen molar-refractivity contribution in [2.45, 2.75) is 64.2 Å². The first-order valence-corrected chi connectivity index (χ1v) is 9.11. The molecule has 3 rings (SSSR count). The average molecular weight is 355 g/mol. The highest BCUT2D eigenvalue weighted by Crippen LogP contribution is 2.43. The van der Waals surface area contributed by atoms with Gasteiger partial charge in [0.1, 0.15) is 0 Å². The number of fused-ring (bicyclic) bond motifs is 2. The van der Waals surface area contributed by atoms with E-state index < -0.39 is 0 Å². The van der Waals surface area contributed by atoms with E-state index in [0.29, 0.717) is 6.04 Å². The van der Waals surface area contributed by atoms with E-state index in [1.807, 2.05) is 6.20 Å². The van der Waals surface area contributed by atoms with Gasteiger partial charge >= 0.3 is 0 Å². The van der Waals surface area contributed by atoms with Crippen molar-refractivity contribution in [3.63, 3.8) is 0 Å². The third kappa shape index (κ3) is 2.80. The van der Waals surface area contributed by atoms with E-state index in [1.54, 1.807) is 0 Å². The molecule has 2 fully saturated rings. The van der Waals surface area contributed by atoms with Crippen molar-refractivity contribution in [1.82, 2.24) is 20.0 Å². The van der Waals surface area contributed by atoms with Crippen molar-refractivity contribution < 1.29 is 0 Å². The summed E-state index contributed by atoms with van der Waals surface area (Å²) in [5.74, 6) is 0.719. The fourth-order valence-corrected chi connectivity index (χ4v) is 4.91. The summed E-state index contributed by atoms with van der Waals surface area (Å²) in [4.78, 5) is 2.62. The van der Waals surface area contributed by atoms with Gasteiger partial charge < -0.3 is 10.2 Å². The summed E-state index contributed by atoms with van der Waals surface area (Å²) >= 11 is 3.72. The Labute approximate surface area is 136 Å². The quantitative estimate of drug-likeness (QED) is 0.881. The largest absolute Gasteiger partial charge is 0.309 e. The molecule has 3 unspecified atom stereocenters. The highest BCUT2D eigenvalue weighted by Gasteiger charge is 2.42. The van der Waals surface area contributed by atoms with Gasteiger partial charge in [0.05, 0.1) is 22.4 Å². The smallest absolute Gasteiger partial charge is 0.0698 e. The number of aromatic nitrogens is 2. The second-order valence-corrected chi connectivity index (χ2v) is 7.37. The Morgan fingerprint density at radius 1 is 1.33 bits per heavy atom. The van der Waals surface area contributed by atoms with Crippen molar-refractivity contribution in [2.75, 3.05) is 13.6 Å². The molecule has 2 saturated heterocycles. The van der Waals surface area contributed by atoms with Crippen molar-refractivity contribution >= 4 is 15.9 Å². The van der Waals surface area contributed by atoms with Crippen LogP contribution in [0, 0.1) is 5.92 Å². The van der Waals surface area contributed by atoms with Gasteiger partial charge in [0.25, 0.3) is 0 Å². The molecule has 3 atom stereocenters. The minimum Gasteiger partial charge on any atom is -0.309 e. The van der Waals surface area contributed by atoms with Crippen LogP contribution in [0.15, 0.2) is 10.7 Å². The summed E-state index contributed by atoms with van der Waals surface area (Å²) in [5.41, 5.74) is 1.34. The predicted octanol–water partition coefficient (Wildman–Crippen LogP) is 3.19. The van der Waals surface area contributed by atoms with Crippen molar-refractivity contribution in [1.29, 1.82) is 0 Å². The van der Waals surface area contributed by atoms with Crippen LogP contribution in [0.4, 0.5) is 0 Å². The maximum Gasteiger partial charge on any atom is 0.0698 e. The Kier molecular flexibility index (Phi) is 4.71. The Bertz CT molecular complexity index is 473. The monoisotopic (exact) mass is 354 g/mol. The molecule has 0 amide bonds. The number of rotatable bonds is 5. The van der Waals surface area contributed by atoms with Gasteiger partial charge in [-0.15, -0.1) is 0 Å². The molecule has 21 heavy (non-hydrogen) atoms. The van der Waals surface area contributed by atoms with Crippen LogP contribution in [0.2, 0.25) is 0 Å². The van der Waals surface area contributed by atoms with E-state index in [9.17, 15) is 0 Å². The highest BCUT2D eigenvalue weighted by atomic mass is 79.9. The molecule has 1 N–H and O–H groups in total. The summed E-state index contributed by atoms with van der Waals surface area (Å²) in [6.45, 7) is 6.32. The molecule has 0 saturated carbocycles. The molecular formula is C16H27BrN4. The SMILES string of the molecule is CCNC(c1c(Br)cnn1CC)C1CC2CCC(C1)N2C. The number of halogens is 1. The van der Waals surface area contributed by atoms with Gasteiger partial charge in [-0.2, -0.15) is 5.10 Å². The zero-order chi connectivity index (χ0) is 15.0. The van der Waals surface area contributed by atoms with Crippen molar-refractivity contribution in [2.24, 2.45) is 5.92 Å². The predicted molar refractivity (Wildman–Crippen MR) is 89.3 cm³/mol. The Morgan fingerprint density at radius 2 is 2.00 bits per heavy atom. The van der Waals surface area contributed by atoms with Crippen LogP contribution < -0.4 is 5.32 Å². The van der Waals surface area contributed by atoms with Crippen LogP contribution in [0.3, 0.4) is 0 Å². The third-order valence-electron chi connectivity index (χ3n) is 5.46. The maximum absolute atomic E-state index is 4.52. The van der Waals surface area contributed by atoms with Gasteiger partial charge in [-0.3, -0.25) is 4.68 Å². The number of hydrogen-bond acceptors (Lipinski definition) is 3. The van der Waals surface area contributed by atoms with E-state index in [4.69, 9.17) is 0 Å². The van der Waals surface area contributed by atoms with Crippen LogP contribution in [0.25, 0.3) is 0 Å². The Morgan fingerprint density at radius 3 is 2.57 bits per heavy atom. The second-order valence-electron chi connectivity index (χ2n) is 6.51. The lowest BCUT2D eigenvalue weighted by Gasteiger charge is -2.40. The average Bonchev–Trinajstić information content (AvgIpc) is 2.92. The summed E-state index contributed by atoms with van der Waals surface area (Å²) < 4.78 is 3.30. The zero-order valence-electron chi connectivity index (χ0n) is 13.3. The molecule has 3 heterocycles. The third-order valence-corrected chi connectivity index (χ3v) is 6.07. The van der Waals surface area contributed by atoms with Crippen molar-refractivity contribution in [3.8, 4) is 0 Å². The van der Waals surface area contributed by atoms with E-state index >= 15 is 0 Å². The minimum atomic E-state index is 0.420. The first-order chi connectivity index (χ1) is 10.2. The summed E-state index contributed by atoms with van der Waals surface area (Å²) in [6, 6.07) is 1.99. The minimum absolute atomic E-state index is 0.420. The van der Waals surface area contributed by atoms with E-state index in [2.05, 4.69) is 56.8 Å². The molecule has 2 aliphatic rings. The molecule has 4 nitrogen and oxygen atoms in total. The summed E-state index contributed by atoms with van der Waals surface area (Å²) in [6.07, 6.45) is 7.33. The number of nitrogens with one attached hydrogen (secondary N) is 1. The number of aryl methyl sites for hydroxylation is 1. The Balaban J connectivity index is 1.86. The lowest BCUT2D eigenvalue weighted by molar-refractivity contribution is 0.110. The van der Waals surface area contributed by atoms with Crippen LogP contribution in [-0.2, 0) is 6.54 Å². The molecule has 2 bridgehead atoms. The van der Waals surface area contributed by atoms with Crippen LogP contribution in [0.5, 0.6) is 0 Å². The molecule has 2 aliphatic heterocycles. The number of piperidine rings is 1. The lowest BCUT2D eigenvalue weighted by Crippen LogP contribution is -2.44. The van der Waals surface area contributed by atoms with Gasteiger partial charge in [-0.1, -0.05) is 6.92 Å². The maximum atomic E-state index is 4.52. The molecule has 0 aromatic carbocycles. The van der Waals surface area contributed by atoms with Crippen molar-refractivity contribution in [3.05, 3.63) is 16.4 Å². The fourth-order valence-electron chi connectivity index (χ4n) is 4.37. The second kappa shape index (κ2) is 6.39.